The number of carbonyl (C=O) groups excluding carboxylic acids is 1. The van der Waals surface area contributed by atoms with E-state index in [1.807, 2.05) is 32.8 Å². The Balaban J connectivity index is 2.22. The zero-order valence-electron chi connectivity index (χ0n) is 37.3. The van der Waals surface area contributed by atoms with Gasteiger partial charge in [0.25, 0.3) is 0 Å². The maximum absolute atomic E-state index is 14.3. The number of esters is 1. The van der Waals surface area contributed by atoms with Crippen LogP contribution < -0.4 is 0 Å². The quantitative estimate of drug-likeness (QED) is 0.0778. The van der Waals surface area contributed by atoms with Gasteiger partial charge in [-0.3, -0.25) is 4.79 Å². The Morgan fingerprint density at radius 1 is 0.897 bits per heavy atom. The zero-order valence-corrected chi connectivity index (χ0v) is 37.3. The highest BCUT2D eigenvalue weighted by Crippen LogP contribution is 2.41. The van der Waals surface area contributed by atoms with Gasteiger partial charge in [0.15, 0.2) is 12.6 Å². The molecule has 0 aromatic carbocycles. The average Bonchev–Trinajstić information content (AvgIpc) is 3.15. The molecule has 5 N–H and O–H groups in total. The summed E-state index contributed by atoms with van der Waals surface area (Å²) < 4.78 is 48.1. The van der Waals surface area contributed by atoms with Crippen molar-refractivity contribution in [3.8, 4) is 0 Å². The van der Waals surface area contributed by atoms with Crippen molar-refractivity contribution in [2.75, 3.05) is 48.3 Å². The van der Waals surface area contributed by atoms with E-state index in [-0.39, 0.29) is 44.8 Å². The van der Waals surface area contributed by atoms with Gasteiger partial charge >= 0.3 is 5.97 Å². The largest absolute Gasteiger partial charge is 0.459 e. The van der Waals surface area contributed by atoms with E-state index >= 15 is 0 Å². The third-order valence-electron chi connectivity index (χ3n) is 12.6. The molecule has 0 spiro atoms. The topological polar surface area (TPSA) is 217 Å². The molecule has 17 heteroatoms. The van der Waals surface area contributed by atoms with E-state index in [0.29, 0.717) is 18.7 Å². The minimum Gasteiger partial charge on any atom is -0.459 e. The number of oxime groups is 1. The van der Waals surface area contributed by atoms with E-state index in [0.717, 1.165) is 0 Å². The molecular formula is C41H76N2O15. The van der Waals surface area contributed by atoms with Crippen LogP contribution in [0.25, 0.3) is 0 Å². The molecule has 8 unspecified atom stereocenters. The van der Waals surface area contributed by atoms with E-state index in [4.69, 9.17) is 42.7 Å². The molecule has 0 amide bonds. The van der Waals surface area contributed by atoms with Crippen LogP contribution in [0.5, 0.6) is 0 Å². The molecule has 3 saturated heterocycles. The van der Waals surface area contributed by atoms with Crippen molar-refractivity contribution in [2.24, 2.45) is 28.8 Å². The first-order valence-electron chi connectivity index (χ1n) is 20.8. The van der Waals surface area contributed by atoms with Crippen molar-refractivity contribution in [2.45, 2.75) is 179 Å². The Kier molecular flexibility index (Phi) is 18.8. The smallest absolute Gasteiger partial charge is 0.311 e. The molecule has 3 heterocycles. The summed E-state index contributed by atoms with van der Waals surface area (Å²) in [4.78, 5) is 21.8. The molecule has 0 radical (unpaired) electrons. The molecule has 0 saturated carbocycles. The number of rotatable bonds is 13. The van der Waals surface area contributed by atoms with Crippen molar-refractivity contribution in [1.29, 1.82) is 0 Å². The first-order chi connectivity index (χ1) is 27.0. The number of hydrogen-bond donors (Lipinski definition) is 5. The predicted octanol–water partition coefficient (Wildman–Crippen LogP) is 2.21. The standard InChI is InChI=1S/C41H76N2O15/c1-15-29-41(10,49)34(45)24(4)31(42-53-21-52-17-16-50-13)22(2)19-39(8,48)36(58-38-32(44)28(43(11)12)18-23(3)54-38)25(5)33(26(6)37(47)56-29)57-30-20-40(9,51-14)35(46)27(7)55-30/h22-30,32-36,38,44-46,48-49H,15-21H2,1-14H3/b42-31+/t22-,23?,24+,25+,26-,27?,28?,29-,30?,32?,33+,34-,35?,36+,38?,39-,40?,41-/m1/s1. The summed E-state index contributed by atoms with van der Waals surface area (Å²) in [6.07, 6.45) is -9.49. The number of aliphatic hydroxyl groups excluding tert-OH is 3. The van der Waals surface area contributed by atoms with Gasteiger partial charge < -0.3 is 73.2 Å². The summed E-state index contributed by atoms with van der Waals surface area (Å²) in [7, 11) is 6.76. The molecule has 17 nitrogen and oxygen atoms in total. The maximum Gasteiger partial charge on any atom is 0.311 e. The molecule has 3 rings (SSSR count). The van der Waals surface area contributed by atoms with Crippen LogP contribution in [0, 0.1) is 23.7 Å². The third-order valence-corrected chi connectivity index (χ3v) is 12.6. The first kappa shape index (κ1) is 50.8. The second-order valence-corrected chi connectivity index (χ2v) is 17.7. The van der Waals surface area contributed by atoms with Crippen molar-refractivity contribution in [3.05, 3.63) is 0 Å². The maximum atomic E-state index is 14.3. The lowest BCUT2D eigenvalue weighted by molar-refractivity contribution is -0.317. The van der Waals surface area contributed by atoms with Gasteiger partial charge in [0.1, 0.15) is 23.9 Å². The van der Waals surface area contributed by atoms with Gasteiger partial charge in [-0.25, -0.2) is 0 Å². The molecule has 0 aromatic rings. The number of nitrogens with zero attached hydrogens (tertiary/aromatic N) is 2. The van der Waals surface area contributed by atoms with Crippen molar-refractivity contribution in [3.63, 3.8) is 0 Å². The average molecular weight is 837 g/mol. The van der Waals surface area contributed by atoms with Crippen molar-refractivity contribution >= 4 is 11.7 Å². The number of likely N-dealkylation sites (N-methyl/N-ethyl adjacent to an activating group) is 1. The fourth-order valence-corrected chi connectivity index (χ4v) is 8.93. The molecule has 0 aromatic heterocycles. The van der Waals surface area contributed by atoms with Gasteiger partial charge in [0, 0.05) is 44.4 Å². The molecule has 58 heavy (non-hydrogen) atoms. The molecule has 18 atom stereocenters. The van der Waals surface area contributed by atoms with E-state index in [1.54, 1.807) is 55.6 Å². The van der Waals surface area contributed by atoms with Gasteiger partial charge in [-0.05, 0) is 74.9 Å². The lowest BCUT2D eigenvalue weighted by atomic mass is 9.73. The van der Waals surface area contributed by atoms with Crippen molar-refractivity contribution < 1.29 is 73.1 Å². The lowest BCUT2D eigenvalue weighted by Gasteiger charge is -2.49. The molecule has 3 fully saturated rings. The van der Waals surface area contributed by atoms with Gasteiger partial charge in [0.2, 0.25) is 6.79 Å². The molecular weight excluding hydrogens is 760 g/mol. The van der Waals surface area contributed by atoms with Gasteiger partial charge in [-0.15, -0.1) is 0 Å². The van der Waals surface area contributed by atoms with E-state index < -0.39 is 102 Å². The zero-order chi connectivity index (χ0) is 43.9. The van der Waals surface area contributed by atoms with Crippen LogP contribution in [0.2, 0.25) is 0 Å². The highest BCUT2D eigenvalue weighted by atomic mass is 16.7. The van der Waals surface area contributed by atoms with Gasteiger partial charge in [-0.2, -0.15) is 0 Å². The van der Waals surface area contributed by atoms with E-state index in [2.05, 4.69) is 5.16 Å². The summed E-state index contributed by atoms with van der Waals surface area (Å²) in [6.45, 7) is 17.3. The van der Waals surface area contributed by atoms with Crippen LogP contribution in [0.3, 0.4) is 0 Å². The van der Waals surface area contributed by atoms with Gasteiger partial charge in [-0.1, -0.05) is 32.9 Å². The monoisotopic (exact) mass is 837 g/mol. The first-order valence-corrected chi connectivity index (χ1v) is 20.8. The fourth-order valence-electron chi connectivity index (χ4n) is 8.93. The highest BCUT2D eigenvalue weighted by Gasteiger charge is 2.53. The Hall–Kier alpha value is -1.58. The minimum atomic E-state index is -1.97. The third kappa shape index (κ3) is 12.1. The number of cyclic esters (lactones) is 1. The SMILES string of the molecule is CC[C@H]1OC(=O)[C@H](C)[C@@H](OC2CC(C)(OC)C(O)C(C)O2)[C@H](C)[C@H](OC2OC(C)CC(N(C)C)C2O)[C@](C)(O)C[C@@H](C)/C(=N\OCOCCOC)[C@H](C)[C@@H](O)[C@]1(C)O. The number of methoxy groups -OCH3 is 2. The van der Waals surface area contributed by atoms with Crippen LogP contribution in [-0.2, 0) is 47.5 Å². The summed E-state index contributed by atoms with van der Waals surface area (Å²) in [6, 6.07) is -0.328. The van der Waals surface area contributed by atoms with E-state index in [9.17, 15) is 30.3 Å². The van der Waals surface area contributed by atoms with Gasteiger partial charge in [0.05, 0.1) is 66.6 Å². The Morgan fingerprint density at radius 3 is 2.14 bits per heavy atom. The predicted molar refractivity (Wildman–Crippen MR) is 212 cm³/mol. The molecule has 340 valence electrons. The van der Waals surface area contributed by atoms with Crippen LogP contribution in [0.15, 0.2) is 5.16 Å². The number of ether oxygens (including phenoxy) is 8. The number of hydrogen-bond acceptors (Lipinski definition) is 17. The Labute approximate surface area is 345 Å². The summed E-state index contributed by atoms with van der Waals surface area (Å²) in [5.41, 5.74) is -4.49. The van der Waals surface area contributed by atoms with Crippen LogP contribution in [-0.4, -0.2) is 175 Å². The lowest BCUT2D eigenvalue weighted by Crippen LogP contribution is -2.61. The second kappa shape index (κ2) is 21.5. The van der Waals surface area contributed by atoms with Crippen LogP contribution in [0.4, 0.5) is 0 Å². The molecule has 0 bridgehead atoms. The second-order valence-electron chi connectivity index (χ2n) is 17.7. The molecule has 3 aliphatic rings. The Bertz CT molecular complexity index is 1300. The fraction of sp³-hybridized carbons (Fsp3) is 0.951. The van der Waals surface area contributed by atoms with E-state index in [1.165, 1.54) is 14.0 Å². The van der Waals surface area contributed by atoms with Crippen molar-refractivity contribution in [1.82, 2.24) is 4.90 Å². The summed E-state index contributed by atoms with van der Waals surface area (Å²) in [5, 5.41) is 63.6. The molecule has 3 aliphatic heterocycles. The summed E-state index contributed by atoms with van der Waals surface area (Å²) in [5.74, 6) is -4.14. The Morgan fingerprint density at radius 2 is 1.55 bits per heavy atom. The normalized spacial score (nSPS) is 45.8. The summed E-state index contributed by atoms with van der Waals surface area (Å²) >= 11 is 0. The number of carbonyl (C=O) groups is 1. The minimum absolute atomic E-state index is 0.0307. The highest BCUT2D eigenvalue weighted by molar-refractivity contribution is 5.88. The number of aliphatic hydroxyl groups is 5. The van der Waals surface area contributed by atoms with Crippen LogP contribution >= 0.6 is 0 Å². The molecule has 0 aliphatic carbocycles. The van der Waals surface area contributed by atoms with Crippen LogP contribution in [0.1, 0.15) is 94.9 Å².